The number of aliphatic hydroxyl groups excluding tert-OH is 4. The highest BCUT2D eigenvalue weighted by atomic mass is 16.7. The minimum atomic E-state index is -1.38. The van der Waals surface area contributed by atoms with E-state index in [0.717, 1.165) is 0 Å². The van der Waals surface area contributed by atoms with Gasteiger partial charge in [-0.2, -0.15) is 0 Å². The van der Waals surface area contributed by atoms with E-state index in [2.05, 4.69) is 0 Å². The minimum absolute atomic E-state index is 0.954. The maximum absolute atomic E-state index is 9.44. The van der Waals surface area contributed by atoms with E-state index in [1.807, 2.05) is 0 Å². The van der Waals surface area contributed by atoms with E-state index in [4.69, 9.17) is 9.47 Å². The zero-order valence-electron chi connectivity index (χ0n) is 8.07. The highest BCUT2D eigenvalue weighted by Crippen LogP contribution is 2.23. The van der Waals surface area contributed by atoms with Gasteiger partial charge in [-0.25, -0.2) is 0 Å². The molecule has 0 aromatic carbocycles. The van der Waals surface area contributed by atoms with Crippen molar-refractivity contribution in [1.82, 2.24) is 0 Å². The Balaban J connectivity index is 2.73. The Kier molecular flexibility index (Phi) is 3.82. The van der Waals surface area contributed by atoms with Crippen LogP contribution in [-0.4, -0.2) is 64.3 Å². The largest absolute Gasteiger partial charge is 0.391 e. The second-order valence-electron chi connectivity index (χ2n) is 3.42. The second-order valence-corrected chi connectivity index (χ2v) is 3.42. The van der Waals surface area contributed by atoms with Crippen LogP contribution in [0.3, 0.4) is 0 Å². The lowest BCUT2D eigenvalue weighted by Gasteiger charge is -2.40. The predicted molar refractivity (Wildman–Crippen MR) is 45.4 cm³/mol. The Bertz CT molecular complexity index is 183. The molecule has 1 heterocycles. The SMILES string of the molecule is CO[C@@H]1O[C@H]([C@@H](C)O)[C@H](O)[C@H](O)[C@@H]1O. The Morgan fingerprint density at radius 3 is 2.14 bits per heavy atom. The van der Waals surface area contributed by atoms with Gasteiger partial charge in [-0.3, -0.25) is 0 Å². The van der Waals surface area contributed by atoms with Crippen molar-refractivity contribution in [2.45, 2.75) is 43.7 Å². The summed E-state index contributed by atoms with van der Waals surface area (Å²) in [7, 11) is 1.30. The van der Waals surface area contributed by atoms with E-state index in [-0.39, 0.29) is 0 Å². The topological polar surface area (TPSA) is 99.4 Å². The molecule has 1 aliphatic heterocycles. The normalized spacial score (nSPS) is 46.3. The molecule has 6 atom stereocenters. The summed E-state index contributed by atoms with van der Waals surface area (Å²) in [5, 5.41) is 37.4. The molecule has 0 saturated carbocycles. The number of methoxy groups -OCH3 is 1. The Labute approximate surface area is 81.7 Å². The van der Waals surface area contributed by atoms with Gasteiger partial charge in [-0.1, -0.05) is 0 Å². The molecular formula is C8H16O6. The van der Waals surface area contributed by atoms with Crippen LogP contribution in [0, 0.1) is 0 Å². The second kappa shape index (κ2) is 4.52. The van der Waals surface area contributed by atoms with E-state index >= 15 is 0 Å². The third-order valence-corrected chi connectivity index (χ3v) is 2.31. The van der Waals surface area contributed by atoms with Crippen molar-refractivity contribution >= 4 is 0 Å². The Hall–Kier alpha value is -0.240. The summed E-state index contributed by atoms with van der Waals surface area (Å²) >= 11 is 0. The average molecular weight is 208 g/mol. The smallest absolute Gasteiger partial charge is 0.186 e. The van der Waals surface area contributed by atoms with Crippen molar-refractivity contribution in [3.8, 4) is 0 Å². The molecule has 0 aromatic heterocycles. The number of ether oxygens (including phenoxy) is 2. The van der Waals surface area contributed by atoms with Gasteiger partial charge in [0.05, 0.1) is 6.10 Å². The molecule has 0 unspecified atom stereocenters. The van der Waals surface area contributed by atoms with Gasteiger partial charge in [0.1, 0.15) is 24.4 Å². The molecule has 0 spiro atoms. The maximum Gasteiger partial charge on any atom is 0.186 e. The van der Waals surface area contributed by atoms with Gasteiger partial charge in [-0.15, -0.1) is 0 Å². The third kappa shape index (κ3) is 2.05. The minimum Gasteiger partial charge on any atom is -0.391 e. The fourth-order valence-corrected chi connectivity index (χ4v) is 1.47. The molecule has 14 heavy (non-hydrogen) atoms. The first-order valence-electron chi connectivity index (χ1n) is 4.39. The molecule has 84 valence electrons. The van der Waals surface area contributed by atoms with Gasteiger partial charge in [0.25, 0.3) is 0 Å². The van der Waals surface area contributed by atoms with Crippen LogP contribution in [0.25, 0.3) is 0 Å². The van der Waals surface area contributed by atoms with Crippen molar-refractivity contribution in [3.05, 3.63) is 0 Å². The summed E-state index contributed by atoms with van der Waals surface area (Å²) in [4.78, 5) is 0. The third-order valence-electron chi connectivity index (χ3n) is 2.31. The van der Waals surface area contributed by atoms with Crippen LogP contribution in [0.1, 0.15) is 6.92 Å². The molecule has 1 saturated heterocycles. The van der Waals surface area contributed by atoms with E-state index in [0.29, 0.717) is 0 Å². The highest BCUT2D eigenvalue weighted by Gasteiger charge is 2.45. The van der Waals surface area contributed by atoms with Gasteiger partial charge in [0.2, 0.25) is 0 Å². The van der Waals surface area contributed by atoms with Gasteiger partial charge in [0.15, 0.2) is 6.29 Å². The molecule has 0 amide bonds. The number of hydrogen-bond donors (Lipinski definition) is 4. The van der Waals surface area contributed by atoms with Crippen LogP contribution in [-0.2, 0) is 9.47 Å². The zero-order valence-corrected chi connectivity index (χ0v) is 8.07. The fraction of sp³-hybridized carbons (Fsp3) is 1.00. The molecule has 1 fully saturated rings. The summed E-state index contributed by atoms with van der Waals surface area (Å²) in [6.45, 7) is 1.42. The van der Waals surface area contributed by atoms with Crippen molar-refractivity contribution in [3.63, 3.8) is 0 Å². The van der Waals surface area contributed by atoms with Gasteiger partial charge in [0, 0.05) is 7.11 Å². The molecule has 6 heteroatoms. The number of rotatable bonds is 2. The first-order chi connectivity index (χ1) is 6.49. The number of hydrogen-bond acceptors (Lipinski definition) is 6. The van der Waals surface area contributed by atoms with E-state index in [1.54, 1.807) is 0 Å². The summed E-state index contributed by atoms with van der Waals surface area (Å²) < 4.78 is 9.81. The molecule has 0 radical (unpaired) electrons. The predicted octanol–water partition coefficient (Wildman–Crippen LogP) is -2.18. The van der Waals surface area contributed by atoms with Crippen LogP contribution in [0.2, 0.25) is 0 Å². The quantitative estimate of drug-likeness (QED) is 0.412. The lowest BCUT2D eigenvalue weighted by atomic mass is 9.96. The van der Waals surface area contributed by atoms with Gasteiger partial charge >= 0.3 is 0 Å². The molecule has 4 N–H and O–H groups in total. The summed E-state index contributed by atoms with van der Waals surface area (Å²) in [6.07, 6.45) is -6.97. The molecule has 0 aromatic rings. The van der Waals surface area contributed by atoms with Crippen LogP contribution in [0.15, 0.2) is 0 Å². The standard InChI is InChI=1S/C8H16O6/c1-3(9)7-5(11)4(10)6(12)8(13-2)14-7/h3-12H,1-2H3/t3-,4+,5-,6+,7-,8-/m1/s1. The lowest BCUT2D eigenvalue weighted by molar-refractivity contribution is -0.302. The maximum atomic E-state index is 9.44. The summed E-state index contributed by atoms with van der Waals surface area (Å²) in [5.74, 6) is 0. The van der Waals surface area contributed by atoms with Crippen LogP contribution < -0.4 is 0 Å². The zero-order chi connectivity index (χ0) is 10.9. The Morgan fingerprint density at radius 2 is 1.71 bits per heavy atom. The van der Waals surface area contributed by atoms with Crippen molar-refractivity contribution in [1.29, 1.82) is 0 Å². The van der Waals surface area contributed by atoms with Crippen molar-refractivity contribution < 1.29 is 29.9 Å². The Morgan fingerprint density at radius 1 is 1.14 bits per heavy atom. The van der Waals surface area contributed by atoms with E-state index in [1.165, 1.54) is 14.0 Å². The highest BCUT2D eigenvalue weighted by molar-refractivity contribution is 4.91. The summed E-state index contributed by atoms with van der Waals surface area (Å²) in [6, 6.07) is 0. The van der Waals surface area contributed by atoms with Crippen LogP contribution in [0.4, 0.5) is 0 Å². The van der Waals surface area contributed by atoms with Crippen LogP contribution >= 0.6 is 0 Å². The molecule has 1 aliphatic rings. The summed E-state index contributed by atoms with van der Waals surface area (Å²) in [5.41, 5.74) is 0. The molecule has 6 nitrogen and oxygen atoms in total. The fourth-order valence-electron chi connectivity index (χ4n) is 1.47. The average Bonchev–Trinajstić information content (AvgIpc) is 2.14. The van der Waals surface area contributed by atoms with Gasteiger partial charge in [-0.05, 0) is 6.92 Å². The molecule has 0 aliphatic carbocycles. The first-order valence-corrected chi connectivity index (χ1v) is 4.39. The first kappa shape index (κ1) is 11.8. The van der Waals surface area contributed by atoms with E-state index < -0.39 is 36.8 Å². The molecular weight excluding hydrogens is 192 g/mol. The molecule has 0 bridgehead atoms. The van der Waals surface area contributed by atoms with E-state index in [9.17, 15) is 20.4 Å². The molecule has 1 rings (SSSR count). The number of aliphatic hydroxyl groups is 4. The van der Waals surface area contributed by atoms with Crippen molar-refractivity contribution in [2.24, 2.45) is 0 Å². The van der Waals surface area contributed by atoms with Gasteiger partial charge < -0.3 is 29.9 Å². The lowest BCUT2D eigenvalue weighted by Crippen LogP contribution is -2.60. The van der Waals surface area contributed by atoms with Crippen molar-refractivity contribution in [2.75, 3.05) is 7.11 Å². The van der Waals surface area contributed by atoms with Crippen LogP contribution in [0.5, 0.6) is 0 Å². The monoisotopic (exact) mass is 208 g/mol.